The van der Waals surface area contributed by atoms with Crippen LogP contribution in [0, 0.1) is 0 Å². The van der Waals surface area contributed by atoms with E-state index in [1.807, 2.05) is 37.4 Å². The second-order valence-electron chi connectivity index (χ2n) is 5.20. The molecule has 1 heterocycles. The van der Waals surface area contributed by atoms with Crippen molar-refractivity contribution in [1.29, 1.82) is 0 Å². The number of nitrogens with one attached hydrogen (secondary N) is 2. The maximum absolute atomic E-state index is 11.9. The normalized spacial score (nSPS) is 19.3. The Balaban J connectivity index is 1.81. The molecule has 2 amide bonds. The van der Waals surface area contributed by atoms with Crippen molar-refractivity contribution in [1.82, 2.24) is 10.6 Å². The molecule has 0 radical (unpaired) electrons. The number of amides is 2. The third kappa shape index (κ3) is 3.50. The summed E-state index contributed by atoms with van der Waals surface area (Å²) in [5, 5.41) is 5.57. The molecule has 1 aliphatic rings. The number of carbonyl (C=O) groups is 2. The third-order valence-electron chi connectivity index (χ3n) is 3.71. The number of hydrogen-bond acceptors (Lipinski definition) is 3. The lowest BCUT2D eigenvalue weighted by atomic mass is 10.2. The Morgan fingerprint density at radius 1 is 1.45 bits per heavy atom. The molecule has 5 nitrogen and oxygen atoms in total. The summed E-state index contributed by atoms with van der Waals surface area (Å²) in [6, 6.07) is 9.85. The van der Waals surface area contributed by atoms with Gasteiger partial charge in [0.2, 0.25) is 11.8 Å². The van der Waals surface area contributed by atoms with Crippen molar-refractivity contribution in [2.45, 2.75) is 31.8 Å². The van der Waals surface area contributed by atoms with E-state index in [0.717, 1.165) is 5.69 Å². The summed E-state index contributed by atoms with van der Waals surface area (Å²) in [6.07, 6.45) is 1.03. The molecule has 1 aromatic rings. The maximum atomic E-state index is 11.9. The van der Waals surface area contributed by atoms with Crippen molar-refractivity contribution in [3.8, 4) is 0 Å². The molecule has 0 aromatic heterocycles. The van der Waals surface area contributed by atoms with Gasteiger partial charge in [-0.3, -0.25) is 9.59 Å². The lowest BCUT2D eigenvalue weighted by Gasteiger charge is -2.27. The van der Waals surface area contributed by atoms with Crippen LogP contribution in [-0.4, -0.2) is 37.5 Å². The van der Waals surface area contributed by atoms with Gasteiger partial charge in [-0.05, 0) is 25.5 Å². The molecule has 1 aliphatic heterocycles. The zero-order valence-corrected chi connectivity index (χ0v) is 11.9. The maximum Gasteiger partial charge on any atom is 0.242 e. The highest BCUT2D eigenvalue weighted by Gasteiger charge is 2.27. The zero-order chi connectivity index (χ0) is 14.5. The monoisotopic (exact) mass is 275 g/mol. The highest BCUT2D eigenvalue weighted by molar-refractivity contribution is 5.90. The number of rotatable bonds is 5. The minimum Gasteiger partial charge on any atom is -0.370 e. The lowest BCUT2D eigenvalue weighted by molar-refractivity contribution is -0.125. The van der Waals surface area contributed by atoms with Crippen molar-refractivity contribution in [3.63, 3.8) is 0 Å². The molecule has 20 heavy (non-hydrogen) atoms. The van der Waals surface area contributed by atoms with E-state index in [9.17, 15) is 9.59 Å². The molecule has 1 saturated heterocycles. The fraction of sp³-hybridized carbons (Fsp3) is 0.467. The number of nitrogens with zero attached hydrogens (tertiary/aromatic N) is 1. The Labute approximate surface area is 119 Å². The molecule has 1 aromatic carbocycles. The number of likely N-dealkylation sites (N-methyl/N-ethyl adjacent to an activating group) is 1. The van der Waals surface area contributed by atoms with Gasteiger partial charge in [0, 0.05) is 31.7 Å². The number of para-hydroxylation sites is 1. The van der Waals surface area contributed by atoms with Crippen LogP contribution >= 0.6 is 0 Å². The first-order valence-corrected chi connectivity index (χ1v) is 6.93. The summed E-state index contributed by atoms with van der Waals surface area (Å²) >= 11 is 0. The quantitative estimate of drug-likeness (QED) is 0.839. The van der Waals surface area contributed by atoms with Crippen LogP contribution < -0.4 is 15.5 Å². The van der Waals surface area contributed by atoms with Crippen molar-refractivity contribution >= 4 is 17.5 Å². The van der Waals surface area contributed by atoms with Gasteiger partial charge < -0.3 is 15.5 Å². The van der Waals surface area contributed by atoms with E-state index >= 15 is 0 Å². The molecule has 2 rings (SSSR count). The summed E-state index contributed by atoms with van der Waals surface area (Å²) in [5.41, 5.74) is 1.11. The number of carbonyl (C=O) groups excluding carboxylic acids is 2. The van der Waals surface area contributed by atoms with Crippen LogP contribution in [0.5, 0.6) is 0 Å². The molecule has 0 saturated carbocycles. The summed E-state index contributed by atoms with van der Waals surface area (Å²) in [5.74, 6) is -0.135. The molecule has 0 spiro atoms. The average Bonchev–Trinajstić information content (AvgIpc) is 2.91. The van der Waals surface area contributed by atoms with Gasteiger partial charge in [-0.2, -0.15) is 0 Å². The van der Waals surface area contributed by atoms with E-state index in [0.29, 0.717) is 19.4 Å². The van der Waals surface area contributed by atoms with Crippen molar-refractivity contribution < 1.29 is 9.59 Å². The first-order valence-electron chi connectivity index (χ1n) is 6.93. The van der Waals surface area contributed by atoms with Gasteiger partial charge >= 0.3 is 0 Å². The second kappa shape index (κ2) is 6.41. The molecule has 0 aliphatic carbocycles. The summed E-state index contributed by atoms with van der Waals surface area (Å²) in [6.45, 7) is 2.61. The van der Waals surface area contributed by atoms with Gasteiger partial charge in [-0.15, -0.1) is 0 Å². The van der Waals surface area contributed by atoms with E-state index in [2.05, 4.69) is 22.5 Å². The Bertz CT molecular complexity index is 475. The molecule has 0 bridgehead atoms. The number of hydrogen-bond donors (Lipinski definition) is 2. The van der Waals surface area contributed by atoms with E-state index in [1.165, 1.54) is 0 Å². The largest absolute Gasteiger partial charge is 0.370 e. The predicted octanol–water partition coefficient (Wildman–Crippen LogP) is 0.906. The second-order valence-corrected chi connectivity index (χ2v) is 5.20. The minimum atomic E-state index is -0.364. The molecule has 108 valence electrons. The summed E-state index contributed by atoms with van der Waals surface area (Å²) in [7, 11) is 2.00. The molecule has 5 heteroatoms. The van der Waals surface area contributed by atoms with Gasteiger partial charge in [-0.1, -0.05) is 18.2 Å². The van der Waals surface area contributed by atoms with E-state index in [4.69, 9.17) is 0 Å². The minimum absolute atomic E-state index is 0.0420. The standard InChI is InChI=1S/C15H21N3O2/c1-11(18(2)12-6-4-3-5-7-12)10-16-15(20)13-8-9-14(19)17-13/h3-7,11,13H,8-10H2,1-2H3,(H,16,20)(H,17,19). The van der Waals surface area contributed by atoms with E-state index in [1.54, 1.807) is 0 Å². The Hall–Kier alpha value is -2.04. The molecular formula is C15H21N3O2. The first kappa shape index (κ1) is 14.4. The van der Waals surface area contributed by atoms with Gasteiger partial charge in [0.15, 0.2) is 0 Å². The van der Waals surface area contributed by atoms with Crippen molar-refractivity contribution in [2.24, 2.45) is 0 Å². The lowest BCUT2D eigenvalue weighted by Crippen LogP contribution is -2.46. The van der Waals surface area contributed by atoms with Crippen LogP contribution in [-0.2, 0) is 9.59 Å². The van der Waals surface area contributed by atoms with Crippen LogP contribution in [0.15, 0.2) is 30.3 Å². The van der Waals surface area contributed by atoms with Crippen molar-refractivity contribution in [2.75, 3.05) is 18.5 Å². The first-order chi connectivity index (χ1) is 9.58. The van der Waals surface area contributed by atoms with Gasteiger partial charge in [0.25, 0.3) is 0 Å². The third-order valence-corrected chi connectivity index (χ3v) is 3.71. The Morgan fingerprint density at radius 3 is 2.75 bits per heavy atom. The Kier molecular flexibility index (Phi) is 4.61. The van der Waals surface area contributed by atoms with Crippen LogP contribution in [0.25, 0.3) is 0 Å². The van der Waals surface area contributed by atoms with Gasteiger partial charge in [0.1, 0.15) is 6.04 Å². The highest BCUT2D eigenvalue weighted by Crippen LogP contribution is 2.13. The smallest absolute Gasteiger partial charge is 0.242 e. The van der Waals surface area contributed by atoms with Crippen LogP contribution in [0.4, 0.5) is 5.69 Å². The SMILES string of the molecule is CC(CNC(=O)C1CCC(=O)N1)N(C)c1ccccc1. The summed E-state index contributed by atoms with van der Waals surface area (Å²) < 4.78 is 0. The fourth-order valence-electron chi connectivity index (χ4n) is 2.24. The molecular weight excluding hydrogens is 254 g/mol. The van der Waals surface area contributed by atoms with Gasteiger partial charge in [0.05, 0.1) is 0 Å². The molecule has 1 fully saturated rings. The number of benzene rings is 1. The van der Waals surface area contributed by atoms with E-state index < -0.39 is 0 Å². The highest BCUT2D eigenvalue weighted by atomic mass is 16.2. The fourth-order valence-corrected chi connectivity index (χ4v) is 2.24. The van der Waals surface area contributed by atoms with Crippen LogP contribution in [0.2, 0.25) is 0 Å². The molecule has 2 unspecified atom stereocenters. The van der Waals surface area contributed by atoms with Crippen LogP contribution in [0.3, 0.4) is 0 Å². The van der Waals surface area contributed by atoms with Crippen molar-refractivity contribution in [3.05, 3.63) is 30.3 Å². The number of anilines is 1. The van der Waals surface area contributed by atoms with Crippen LogP contribution in [0.1, 0.15) is 19.8 Å². The van der Waals surface area contributed by atoms with Gasteiger partial charge in [-0.25, -0.2) is 0 Å². The zero-order valence-electron chi connectivity index (χ0n) is 11.9. The molecule has 2 N–H and O–H groups in total. The summed E-state index contributed by atoms with van der Waals surface area (Å²) in [4.78, 5) is 25.1. The predicted molar refractivity (Wildman–Crippen MR) is 78.5 cm³/mol. The molecule has 2 atom stereocenters. The topological polar surface area (TPSA) is 61.4 Å². The average molecular weight is 275 g/mol. The van der Waals surface area contributed by atoms with E-state index in [-0.39, 0.29) is 23.9 Å². The Morgan fingerprint density at radius 2 is 2.15 bits per heavy atom.